The van der Waals surface area contributed by atoms with Gasteiger partial charge in [0.25, 0.3) is 0 Å². The molecule has 94 valence electrons. The van der Waals surface area contributed by atoms with Crippen LogP contribution in [0.1, 0.15) is 37.9 Å². The van der Waals surface area contributed by atoms with Gasteiger partial charge in [-0.1, -0.05) is 5.16 Å². The summed E-state index contributed by atoms with van der Waals surface area (Å²) in [6, 6.07) is 0. The van der Waals surface area contributed by atoms with Crippen molar-refractivity contribution in [3.8, 4) is 0 Å². The largest absolute Gasteiger partial charge is 0.481 e. The van der Waals surface area contributed by atoms with Crippen molar-refractivity contribution in [2.24, 2.45) is 0 Å². The van der Waals surface area contributed by atoms with Crippen LogP contribution in [0.3, 0.4) is 0 Å². The maximum atomic E-state index is 10.4. The van der Waals surface area contributed by atoms with Gasteiger partial charge >= 0.3 is 5.97 Å². The van der Waals surface area contributed by atoms with Crippen molar-refractivity contribution in [1.29, 1.82) is 0 Å². The monoisotopic (exact) mass is 240 g/mol. The number of carboxylic acids is 1. The molecule has 1 aromatic heterocycles. The number of hydrogen-bond donors (Lipinski definition) is 1. The zero-order valence-electron chi connectivity index (χ0n) is 9.81. The van der Waals surface area contributed by atoms with Gasteiger partial charge in [0, 0.05) is 13.0 Å². The summed E-state index contributed by atoms with van der Waals surface area (Å²) in [5.74, 6) is 0.148. The van der Waals surface area contributed by atoms with Gasteiger partial charge in [0.1, 0.15) is 0 Å². The fourth-order valence-corrected chi connectivity index (χ4v) is 1.92. The molecule has 0 spiro atoms. The first-order valence-corrected chi connectivity index (χ1v) is 5.73. The summed E-state index contributed by atoms with van der Waals surface area (Å²) in [6.45, 7) is 3.38. The first-order chi connectivity index (χ1) is 8.10. The van der Waals surface area contributed by atoms with Gasteiger partial charge in [0.2, 0.25) is 5.89 Å². The lowest BCUT2D eigenvalue weighted by Crippen LogP contribution is -2.33. The molecule has 1 unspecified atom stereocenters. The van der Waals surface area contributed by atoms with Crippen molar-refractivity contribution in [3.05, 3.63) is 11.7 Å². The van der Waals surface area contributed by atoms with E-state index in [9.17, 15) is 4.79 Å². The topological polar surface area (TPSA) is 85.5 Å². The smallest absolute Gasteiger partial charge is 0.303 e. The highest BCUT2D eigenvalue weighted by Crippen LogP contribution is 2.31. The molecule has 1 N–H and O–H groups in total. The van der Waals surface area contributed by atoms with Crippen LogP contribution >= 0.6 is 0 Å². The molecule has 0 aromatic carbocycles. The van der Waals surface area contributed by atoms with Crippen molar-refractivity contribution >= 4 is 5.97 Å². The minimum Gasteiger partial charge on any atom is -0.481 e. The number of aliphatic carboxylic acids is 1. The predicted octanol–water partition coefficient (Wildman–Crippen LogP) is 1.15. The molecule has 1 saturated heterocycles. The quantitative estimate of drug-likeness (QED) is 0.849. The Morgan fingerprint density at radius 1 is 1.59 bits per heavy atom. The average molecular weight is 240 g/mol. The van der Waals surface area contributed by atoms with E-state index in [-0.39, 0.29) is 11.8 Å². The lowest BCUT2D eigenvalue weighted by atomic mass is 9.85. The molecule has 0 saturated carbocycles. The zero-order valence-corrected chi connectivity index (χ0v) is 9.81. The Labute approximate surface area is 99.0 Å². The molecule has 2 rings (SSSR count). The van der Waals surface area contributed by atoms with Gasteiger partial charge in [-0.2, -0.15) is 4.98 Å². The Morgan fingerprint density at radius 2 is 2.41 bits per heavy atom. The first kappa shape index (κ1) is 12.0. The standard InChI is InChI=1S/C11H16N2O4/c1-11(5-2-6-16-7-11)10-12-8(13-17-10)3-4-9(14)15/h2-7H2,1H3,(H,14,15). The van der Waals surface area contributed by atoms with E-state index >= 15 is 0 Å². The van der Waals surface area contributed by atoms with Crippen LogP contribution < -0.4 is 0 Å². The molecule has 6 heteroatoms. The van der Waals surface area contributed by atoms with E-state index in [1.807, 2.05) is 6.92 Å². The molecule has 1 aromatic rings. The predicted molar refractivity (Wildman–Crippen MR) is 57.7 cm³/mol. The van der Waals surface area contributed by atoms with Gasteiger partial charge in [-0.3, -0.25) is 4.79 Å². The van der Waals surface area contributed by atoms with Gasteiger partial charge in [-0.25, -0.2) is 0 Å². The molecular formula is C11H16N2O4. The molecule has 1 aliphatic rings. The summed E-state index contributed by atoms with van der Waals surface area (Å²) in [6.07, 6.45) is 2.25. The highest BCUT2D eigenvalue weighted by Gasteiger charge is 2.35. The number of carbonyl (C=O) groups is 1. The molecular weight excluding hydrogens is 224 g/mol. The van der Waals surface area contributed by atoms with Crippen molar-refractivity contribution in [3.63, 3.8) is 0 Å². The van der Waals surface area contributed by atoms with E-state index in [4.69, 9.17) is 14.4 Å². The number of aryl methyl sites for hydroxylation is 1. The molecule has 1 atom stereocenters. The van der Waals surface area contributed by atoms with Crippen LogP contribution in [0.5, 0.6) is 0 Å². The number of ether oxygens (including phenoxy) is 1. The van der Waals surface area contributed by atoms with Crippen molar-refractivity contribution < 1.29 is 19.2 Å². The van der Waals surface area contributed by atoms with Gasteiger partial charge in [0.05, 0.1) is 18.4 Å². The summed E-state index contributed by atoms with van der Waals surface area (Å²) in [4.78, 5) is 14.7. The maximum Gasteiger partial charge on any atom is 0.303 e. The maximum absolute atomic E-state index is 10.4. The lowest BCUT2D eigenvalue weighted by Gasteiger charge is -2.29. The Bertz CT molecular complexity index is 396. The second-order valence-electron chi connectivity index (χ2n) is 4.63. The molecule has 1 aliphatic heterocycles. The lowest BCUT2D eigenvalue weighted by molar-refractivity contribution is -0.137. The number of nitrogens with zero attached hydrogens (tertiary/aromatic N) is 2. The second-order valence-corrected chi connectivity index (χ2v) is 4.63. The van der Waals surface area contributed by atoms with E-state index in [1.54, 1.807) is 0 Å². The van der Waals surface area contributed by atoms with Crippen LogP contribution in [0.4, 0.5) is 0 Å². The fourth-order valence-electron chi connectivity index (χ4n) is 1.92. The minimum absolute atomic E-state index is 0.0200. The Morgan fingerprint density at radius 3 is 3.06 bits per heavy atom. The number of carboxylic acid groups (broad SMARTS) is 1. The SMILES string of the molecule is CC1(c2nc(CCC(=O)O)no2)CCCOC1. The summed E-state index contributed by atoms with van der Waals surface area (Å²) < 4.78 is 10.6. The summed E-state index contributed by atoms with van der Waals surface area (Å²) >= 11 is 0. The third-order valence-electron chi connectivity index (χ3n) is 2.98. The van der Waals surface area contributed by atoms with E-state index in [2.05, 4.69) is 10.1 Å². The fraction of sp³-hybridized carbons (Fsp3) is 0.727. The third-order valence-corrected chi connectivity index (χ3v) is 2.98. The summed E-state index contributed by atoms with van der Waals surface area (Å²) in [5, 5.41) is 12.4. The van der Waals surface area contributed by atoms with E-state index in [1.165, 1.54) is 0 Å². The minimum atomic E-state index is -0.858. The number of aromatic nitrogens is 2. The molecule has 0 amide bonds. The Hall–Kier alpha value is -1.43. The number of hydrogen-bond acceptors (Lipinski definition) is 5. The van der Waals surface area contributed by atoms with Crippen LogP contribution in [-0.4, -0.2) is 34.4 Å². The molecule has 1 fully saturated rings. The van der Waals surface area contributed by atoms with Crippen molar-refractivity contribution in [2.45, 2.75) is 38.0 Å². The van der Waals surface area contributed by atoms with Crippen LogP contribution in [0, 0.1) is 0 Å². The van der Waals surface area contributed by atoms with Gasteiger partial charge < -0.3 is 14.4 Å². The molecule has 0 radical (unpaired) electrons. The van der Waals surface area contributed by atoms with E-state index in [0.29, 0.717) is 24.7 Å². The Kier molecular flexibility index (Phi) is 3.42. The average Bonchev–Trinajstić information content (AvgIpc) is 2.76. The third kappa shape index (κ3) is 2.82. The molecule has 6 nitrogen and oxygen atoms in total. The van der Waals surface area contributed by atoms with E-state index < -0.39 is 5.97 Å². The normalized spacial score (nSPS) is 24.8. The van der Waals surface area contributed by atoms with Gasteiger partial charge in [-0.15, -0.1) is 0 Å². The highest BCUT2D eigenvalue weighted by molar-refractivity contribution is 5.66. The Balaban J connectivity index is 2.03. The summed E-state index contributed by atoms with van der Waals surface area (Å²) in [5.41, 5.74) is -0.229. The summed E-state index contributed by atoms with van der Waals surface area (Å²) in [7, 11) is 0. The number of rotatable bonds is 4. The van der Waals surface area contributed by atoms with Crippen LogP contribution in [-0.2, 0) is 21.4 Å². The molecule has 0 bridgehead atoms. The zero-order chi connectivity index (χ0) is 12.3. The van der Waals surface area contributed by atoms with Gasteiger partial charge in [-0.05, 0) is 19.8 Å². The van der Waals surface area contributed by atoms with Crippen LogP contribution in [0.2, 0.25) is 0 Å². The van der Waals surface area contributed by atoms with E-state index in [0.717, 1.165) is 19.4 Å². The van der Waals surface area contributed by atoms with Gasteiger partial charge in [0.15, 0.2) is 5.82 Å². The molecule has 0 aliphatic carbocycles. The second kappa shape index (κ2) is 4.83. The first-order valence-electron chi connectivity index (χ1n) is 5.73. The van der Waals surface area contributed by atoms with Crippen molar-refractivity contribution in [1.82, 2.24) is 10.1 Å². The van der Waals surface area contributed by atoms with Crippen LogP contribution in [0.25, 0.3) is 0 Å². The van der Waals surface area contributed by atoms with Crippen molar-refractivity contribution in [2.75, 3.05) is 13.2 Å². The van der Waals surface area contributed by atoms with Crippen LogP contribution in [0.15, 0.2) is 4.52 Å². The molecule has 17 heavy (non-hydrogen) atoms. The highest BCUT2D eigenvalue weighted by atomic mass is 16.5. The molecule has 2 heterocycles.